The summed E-state index contributed by atoms with van der Waals surface area (Å²) in [5.41, 5.74) is 10.5. The number of nitrogens with one attached hydrogen (secondary N) is 1. The third kappa shape index (κ3) is 3.53. The molecule has 1 fully saturated rings. The Labute approximate surface area is 169 Å². The lowest BCUT2D eigenvalue weighted by Crippen LogP contribution is -2.33. The van der Waals surface area contributed by atoms with Gasteiger partial charge in [0.25, 0.3) is 0 Å². The van der Waals surface area contributed by atoms with E-state index in [4.69, 9.17) is 15.7 Å². The normalized spacial score (nSPS) is 23.8. The van der Waals surface area contributed by atoms with E-state index in [1.165, 1.54) is 17.1 Å². The van der Waals surface area contributed by atoms with Crippen molar-refractivity contribution in [2.45, 2.75) is 24.5 Å². The van der Waals surface area contributed by atoms with Gasteiger partial charge in [-0.15, -0.1) is 0 Å². The van der Waals surface area contributed by atoms with Gasteiger partial charge in [-0.1, -0.05) is 12.1 Å². The monoisotopic (exact) mass is 410 g/mol. The molecule has 0 bridgehead atoms. The number of anilines is 2. The number of nitrogen functional groups attached to an aromatic ring is 1. The second-order valence-corrected chi connectivity index (χ2v) is 6.59. The first-order valence-corrected chi connectivity index (χ1v) is 8.93. The zero-order valence-electron chi connectivity index (χ0n) is 15.5. The van der Waals surface area contributed by atoms with E-state index in [-0.39, 0.29) is 22.9 Å². The molecule has 0 amide bonds. The van der Waals surface area contributed by atoms with Crippen LogP contribution in [-0.4, -0.2) is 66.0 Å². The molecule has 12 heteroatoms. The number of ether oxygens (including phenoxy) is 1. The number of hydrogen-bond donors (Lipinski definition) is 5. The topological polar surface area (TPSA) is 188 Å². The lowest BCUT2D eigenvalue weighted by molar-refractivity contribution is -0.0511. The Hall–Kier alpha value is -3.63. The minimum atomic E-state index is -1.29. The second-order valence-electron chi connectivity index (χ2n) is 6.59. The highest BCUT2D eigenvalue weighted by Gasteiger charge is 2.44. The molecule has 2 aromatic heterocycles. The van der Waals surface area contributed by atoms with Gasteiger partial charge in [0.15, 0.2) is 17.7 Å². The molecule has 0 radical (unpaired) electrons. The van der Waals surface area contributed by atoms with Gasteiger partial charge >= 0.3 is 0 Å². The van der Waals surface area contributed by atoms with E-state index in [2.05, 4.69) is 25.5 Å². The first-order valence-electron chi connectivity index (χ1n) is 8.93. The molecule has 0 spiro atoms. The Morgan fingerprint density at radius 3 is 2.70 bits per heavy atom. The summed E-state index contributed by atoms with van der Waals surface area (Å²) in [7, 11) is 0. The number of hydrazone groups is 1. The Morgan fingerprint density at radius 2 is 2.03 bits per heavy atom. The number of benzene rings is 1. The largest absolute Gasteiger partial charge is 0.394 e. The van der Waals surface area contributed by atoms with E-state index in [9.17, 15) is 15.3 Å². The molecule has 1 saturated heterocycles. The maximum atomic E-state index is 10.3. The summed E-state index contributed by atoms with van der Waals surface area (Å²) in [6, 6.07) is 8.84. The highest BCUT2D eigenvalue weighted by atomic mass is 16.6. The van der Waals surface area contributed by atoms with Crippen LogP contribution in [0.5, 0.6) is 0 Å². The maximum Gasteiger partial charge on any atom is 0.247 e. The van der Waals surface area contributed by atoms with Gasteiger partial charge in [0.1, 0.15) is 23.8 Å². The molecule has 4 unspecified atom stereocenters. The fourth-order valence-electron chi connectivity index (χ4n) is 3.09. The molecule has 4 atom stereocenters. The molecule has 12 nitrogen and oxygen atoms in total. The molecule has 1 aliphatic rings. The predicted molar refractivity (Wildman–Crippen MR) is 105 cm³/mol. The smallest absolute Gasteiger partial charge is 0.247 e. The van der Waals surface area contributed by atoms with Crippen molar-refractivity contribution in [3.05, 3.63) is 41.7 Å². The quantitative estimate of drug-likeness (QED) is 0.267. The summed E-state index contributed by atoms with van der Waals surface area (Å²) in [6.45, 7) is -0.449. The molecule has 0 aliphatic carbocycles. The summed E-state index contributed by atoms with van der Waals surface area (Å²) >= 11 is 0. The van der Waals surface area contributed by atoms with Crippen LogP contribution in [0.3, 0.4) is 0 Å². The lowest BCUT2D eigenvalue weighted by Gasteiger charge is -2.16. The fraction of sp³-hybridized carbons (Fsp3) is 0.278. The fourth-order valence-corrected chi connectivity index (χ4v) is 3.09. The van der Waals surface area contributed by atoms with Gasteiger partial charge < -0.3 is 25.8 Å². The van der Waals surface area contributed by atoms with Crippen molar-refractivity contribution in [3.8, 4) is 6.07 Å². The highest BCUT2D eigenvalue weighted by molar-refractivity contribution is 5.83. The molecule has 0 saturated carbocycles. The van der Waals surface area contributed by atoms with Gasteiger partial charge in [0.2, 0.25) is 5.95 Å². The molecular weight excluding hydrogens is 392 g/mol. The van der Waals surface area contributed by atoms with Gasteiger partial charge in [-0.3, -0.25) is 4.57 Å². The number of aliphatic hydroxyl groups excluding tert-OH is 3. The van der Waals surface area contributed by atoms with E-state index < -0.39 is 31.1 Å². The highest BCUT2D eigenvalue weighted by Crippen LogP contribution is 2.32. The van der Waals surface area contributed by atoms with Gasteiger partial charge in [-0.05, 0) is 17.7 Å². The van der Waals surface area contributed by atoms with E-state index in [0.717, 1.165) is 5.56 Å². The molecular formula is C18H18N8O4. The van der Waals surface area contributed by atoms with Crippen molar-refractivity contribution in [3.63, 3.8) is 0 Å². The summed E-state index contributed by atoms with van der Waals surface area (Å²) in [5, 5.41) is 42.4. The van der Waals surface area contributed by atoms with Crippen LogP contribution in [0.15, 0.2) is 35.7 Å². The lowest BCUT2D eigenvalue weighted by atomic mass is 10.1. The number of fused-ring (bicyclic) bond motifs is 1. The first-order chi connectivity index (χ1) is 14.5. The third-order valence-corrected chi connectivity index (χ3v) is 4.66. The maximum absolute atomic E-state index is 10.3. The minimum Gasteiger partial charge on any atom is -0.394 e. The average Bonchev–Trinajstić information content (AvgIpc) is 3.30. The van der Waals surface area contributed by atoms with E-state index >= 15 is 0 Å². The molecule has 3 aromatic rings. The number of imidazole rings is 1. The summed E-state index contributed by atoms with van der Waals surface area (Å²) in [5.74, 6) is 0.167. The van der Waals surface area contributed by atoms with Crippen LogP contribution in [0, 0.1) is 11.3 Å². The van der Waals surface area contributed by atoms with Crippen molar-refractivity contribution in [1.82, 2.24) is 19.5 Å². The number of rotatable bonds is 5. The second kappa shape index (κ2) is 8.01. The Balaban J connectivity index is 1.59. The number of nitrogens with two attached hydrogens (primary N) is 1. The third-order valence-electron chi connectivity index (χ3n) is 4.66. The summed E-state index contributed by atoms with van der Waals surface area (Å²) in [6.07, 6.45) is -1.61. The van der Waals surface area contributed by atoms with Gasteiger partial charge in [-0.2, -0.15) is 20.3 Å². The van der Waals surface area contributed by atoms with Crippen LogP contribution in [0.1, 0.15) is 17.4 Å². The summed E-state index contributed by atoms with van der Waals surface area (Å²) in [4.78, 5) is 12.6. The van der Waals surface area contributed by atoms with Gasteiger partial charge in [-0.25, -0.2) is 10.4 Å². The van der Waals surface area contributed by atoms with Gasteiger partial charge in [0, 0.05) is 0 Å². The number of aromatic nitrogens is 4. The number of nitrogens with zero attached hydrogens (tertiary/aromatic N) is 6. The Morgan fingerprint density at radius 1 is 1.27 bits per heavy atom. The van der Waals surface area contributed by atoms with Crippen LogP contribution in [0.25, 0.3) is 11.2 Å². The molecule has 6 N–H and O–H groups in total. The Kier molecular flexibility index (Phi) is 5.25. The zero-order chi connectivity index (χ0) is 21.3. The van der Waals surface area contributed by atoms with Crippen molar-refractivity contribution in [2.75, 3.05) is 17.8 Å². The van der Waals surface area contributed by atoms with Crippen LogP contribution in [0.2, 0.25) is 0 Å². The molecule has 30 heavy (non-hydrogen) atoms. The van der Waals surface area contributed by atoms with Crippen LogP contribution >= 0.6 is 0 Å². The Bertz CT molecular complexity index is 1120. The van der Waals surface area contributed by atoms with E-state index in [1.54, 1.807) is 24.3 Å². The van der Waals surface area contributed by atoms with E-state index in [0.29, 0.717) is 5.56 Å². The minimum absolute atomic E-state index is 0.0818. The van der Waals surface area contributed by atoms with Crippen molar-refractivity contribution >= 4 is 29.1 Å². The standard InChI is InChI=1S/C18H18N8O4/c19-5-9-1-3-10(4-2-9)6-22-25-18-23-15(20)12-16(24-18)26(8-21-12)17-14(29)13(28)11(7-27)30-17/h1-4,6,8,11,13-14,17,27-29H,7H2,(H3,20,23,24,25)/b22-6+. The zero-order valence-corrected chi connectivity index (χ0v) is 15.5. The van der Waals surface area contributed by atoms with Crippen molar-refractivity contribution in [2.24, 2.45) is 5.10 Å². The number of aliphatic hydroxyl groups is 3. The summed E-state index contributed by atoms with van der Waals surface area (Å²) < 4.78 is 6.93. The van der Waals surface area contributed by atoms with Crippen LogP contribution in [0.4, 0.5) is 11.8 Å². The van der Waals surface area contributed by atoms with Crippen molar-refractivity contribution in [1.29, 1.82) is 5.26 Å². The van der Waals surface area contributed by atoms with Crippen LogP contribution in [-0.2, 0) is 4.74 Å². The molecule has 1 aliphatic heterocycles. The average molecular weight is 410 g/mol. The SMILES string of the molecule is N#Cc1ccc(/C=N/Nc2nc(N)c3ncn(C4OC(CO)C(O)C4O)c3n2)cc1. The predicted octanol–water partition coefficient (Wildman–Crippen LogP) is -0.662. The van der Waals surface area contributed by atoms with E-state index in [1.807, 2.05) is 6.07 Å². The first kappa shape index (κ1) is 19.7. The van der Waals surface area contributed by atoms with Gasteiger partial charge in [0.05, 0.1) is 30.8 Å². The van der Waals surface area contributed by atoms with Crippen LogP contribution < -0.4 is 11.2 Å². The molecule has 1 aromatic carbocycles. The molecule has 154 valence electrons. The van der Waals surface area contributed by atoms with Crippen molar-refractivity contribution < 1.29 is 20.1 Å². The molecule has 3 heterocycles. The number of hydrogen-bond acceptors (Lipinski definition) is 11. The number of nitriles is 1. The molecule has 4 rings (SSSR count).